The van der Waals surface area contributed by atoms with Crippen LogP contribution in [0.25, 0.3) is 0 Å². The van der Waals surface area contributed by atoms with Crippen LogP contribution in [0, 0.1) is 34.5 Å². The molecule has 8 nitrogen and oxygen atoms in total. The summed E-state index contributed by atoms with van der Waals surface area (Å²) in [6, 6.07) is -0.474. The standard InChI is InChI=1S/C32H48N2O6/c1-29(2)18-20(11-15-39-29)26(17-28(36)37)33-27(35)19-40-34-22-8-12-30(3)21(16-22)6-7-23-24(30)9-13-31(4)25(23)10-14-32(31,5)38/h8,12,16,20,23-26,38H,6-7,9-11,13-15,17-19H2,1-5H3,(H,33,35)(H,36,37)/b34-22+/t20-,23+,24+,25+,26+,30+,31+,32+/m1/s1. The summed E-state index contributed by atoms with van der Waals surface area (Å²) >= 11 is 0. The molecule has 3 N–H and O–H groups in total. The Bertz CT molecular complexity index is 1110. The molecule has 8 atom stereocenters. The van der Waals surface area contributed by atoms with E-state index in [1.165, 1.54) is 5.57 Å². The smallest absolute Gasteiger partial charge is 0.305 e. The predicted molar refractivity (Wildman–Crippen MR) is 153 cm³/mol. The zero-order chi connectivity index (χ0) is 28.9. The molecule has 4 fully saturated rings. The van der Waals surface area contributed by atoms with Crippen molar-refractivity contribution in [3.05, 3.63) is 23.8 Å². The maximum Gasteiger partial charge on any atom is 0.305 e. The number of allylic oxidation sites excluding steroid dienone is 4. The lowest BCUT2D eigenvalue weighted by molar-refractivity contribution is -0.139. The maximum atomic E-state index is 12.7. The average Bonchev–Trinajstić information content (AvgIpc) is 3.11. The van der Waals surface area contributed by atoms with Crippen LogP contribution in [0.4, 0.5) is 0 Å². The van der Waals surface area contributed by atoms with Crippen molar-refractivity contribution in [1.29, 1.82) is 0 Å². The second-order valence-electron chi connectivity index (χ2n) is 14.4. The van der Waals surface area contributed by atoms with Crippen LogP contribution < -0.4 is 5.32 Å². The number of nitrogens with one attached hydrogen (secondary N) is 1. The van der Waals surface area contributed by atoms with Crippen molar-refractivity contribution in [3.8, 4) is 0 Å². The zero-order valence-corrected chi connectivity index (χ0v) is 24.9. The Balaban J connectivity index is 1.19. The van der Waals surface area contributed by atoms with Gasteiger partial charge in [-0.3, -0.25) is 9.59 Å². The SMILES string of the molecule is CC1(C)C[C@H]([C@H](CC(=O)O)NC(=O)CO/N=C2\C=C[C@@]3(C)C(=C2)CC[C@H]2[C@@H]3CC[C@@]3(C)[C@H]2CC[C@]3(C)O)CCO1. The zero-order valence-electron chi connectivity index (χ0n) is 24.9. The third kappa shape index (κ3) is 5.38. The van der Waals surface area contributed by atoms with Crippen LogP contribution in [-0.2, 0) is 19.2 Å². The van der Waals surface area contributed by atoms with Gasteiger partial charge in [0.15, 0.2) is 6.61 Å². The molecule has 5 rings (SSSR count). The molecule has 0 aromatic rings. The minimum atomic E-state index is -0.937. The molecule has 3 saturated carbocycles. The molecule has 0 bridgehead atoms. The molecule has 0 radical (unpaired) electrons. The van der Waals surface area contributed by atoms with Crippen molar-refractivity contribution >= 4 is 17.6 Å². The van der Waals surface area contributed by atoms with E-state index >= 15 is 0 Å². The van der Waals surface area contributed by atoms with Crippen LogP contribution in [-0.4, -0.2) is 58.3 Å². The number of amides is 1. The number of nitrogens with zero attached hydrogens (tertiary/aromatic N) is 1. The first kappa shape index (κ1) is 29.3. The van der Waals surface area contributed by atoms with E-state index in [1.54, 1.807) is 0 Å². The summed E-state index contributed by atoms with van der Waals surface area (Å²) in [6.07, 6.45) is 14.0. The molecule has 0 spiro atoms. The predicted octanol–water partition coefficient (Wildman–Crippen LogP) is 5.01. The molecule has 0 aromatic carbocycles. The molecule has 1 heterocycles. The van der Waals surface area contributed by atoms with Gasteiger partial charge in [-0.25, -0.2) is 0 Å². The molecule has 0 unspecified atom stereocenters. The number of oxime groups is 1. The summed E-state index contributed by atoms with van der Waals surface area (Å²) in [5, 5.41) is 27.7. The average molecular weight is 557 g/mol. The number of rotatable bonds is 7. The number of hydrogen-bond donors (Lipinski definition) is 3. The Hall–Kier alpha value is -2.19. The highest BCUT2D eigenvalue weighted by atomic mass is 16.6. The van der Waals surface area contributed by atoms with Gasteiger partial charge in [-0.1, -0.05) is 30.7 Å². The fraction of sp³-hybridized carbons (Fsp3) is 0.781. The number of aliphatic hydroxyl groups is 1. The number of fused-ring (bicyclic) bond motifs is 5. The van der Waals surface area contributed by atoms with Gasteiger partial charge in [-0.05, 0) is 113 Å². The number of carboxylic acids is 1. The van der Waals surface area contributed by atoms with Crippen LogP contribution in [0.2, 0.25) is 0 Å². The fourth-order valence-electron chi connectivity index (χ4n) is 9.07. The highest BCUT2D eigenvalue weighted by molar-refractivity contribution is 6.05. The Kier molecular flexibility index (Phi) is 7.75. The van der Waals surface area contributed by atoms with E-state index in [9.17, 15) is 19.8 Å². The molecule has 1 saturated heterocycles. The summed E-state index contributed by atoms with van der Waals surface area (Å²) in [4.78, 5) is 29.6. The maximum absolute atomic E-state index is 12.7. The number of ether oxygens (including phenoxy) is 1. The van der Waals surface area contributed by atoms with Crippen LogP contribution in [0.5, 0.6) is 0 Å². The second-order valence-corrected chi connectivity index (χ2v) is 14.4. The number of carbonyl (C=O) groups excluding carboxylic acids is 1. The van der Waals surface area contributed by atoms with Crippen molar-refractivity contribution in [2.75, 3.05) is 13.2 Å². The monoisotopic (exact) mass is 556 g/mol. The van der Waals surface area contributed by atoms with Crippen molar-refractivity contribution < 1.29 is 29.4 Å². The van der Waals surface area contributed by atoms with E-state index in [4.69, 9.17) is 9.57 Å². The second kappa shape index (κ2) is 10.6. The lowest BCUT2D eigenvalue weighted by Crippen LogP contribution is -2.53. The number of hydrogen-bond acceptors (Lipinski definition) is 6. The summed E-state index contributed by atoms with van der Waals surface area (Å²) in [7, 11) is 0. The Morgan fingerprint density at radius 1 is 1.12 bits per heavy atom. The van der Waals surface area contributed by atoms with Gasteiger partial charge in [-0.15, -0.1) is 0 Å². The van der Waals surface area contributed by atoms with Gasteiger partial charge in [0.1, 0.15) is 5.71 Å². The van der Waals surface area contributed by atoms with Gasteiger partial charge in [0.25, 0.3) is 5.91 Å². The summed E-state index contributed by atoms with van der Waals surface area (Å²) < 4.78 is 5.77. The molecular weight excluding hydrogens is 508 g/mol. The van der Waals surface area contributed by atoms with E-state index in [-0.39, 0.29) is 41.3 Å². The van der Waals surface area contributed by atoms with Crippen LogP contribution in [0.1, 0.15) is 92.4 Å². The van der Waals surface area contributed by atoms with Gasteiger partial charge in [0, 0.05) is 18.1 Å². The van der Waals surface area contributed by atoms with Crippen molar-refractivity contribution in [1.82, 2.24) is 5.32 Å². The molecular formula is C32H48N2O6. The van der Waals surface area contributed by atoms with Crippen LogP contribution >= 0.6 is 0 Å². The van der Waals surface area contributed by atoms with Crippen molar-refractivity contribution in [3.63, 3.8) is 0 Å². The van der Waals surface area contributed by atoms with Crippen LogP contribution in [0.15, 0.2) is 29.0 Å². The number of carboxylic acid groups (broad SMARTS) is 1. The largest absolute Gasteiger partial charge is 0.481 e. The Labute approximate surface area is 238 Å². The Morgan fingerprint density at radius 3 is 2.60 bits per heavy atom. The van der Waals surface area contributed by atoms with Gasteiger partial charge < -0.3 is 25.1 Å². The first-order valence-electron chi connectivity index (χ1n) is 15.2. The first-order chi connectivity index (χ1) is 18.7. The molecule has 5 aliphatic rings. The van der Waals surface area contributed by atoms with E-state index < -0.39 is 17.6 Å². The van der Waals surface area contributed by atoms with Crippen molar-refractivity contribution in [2.24, 2.45) is 39.7 Å². The topological polar surface area (TPSA) is 117 Å². The normalized spacial score (nSPS) is 41.8. The van der Waals surface area contributed by atoms with Gasteiger partial charge in [0.05, 0.1) is 17.6 Å². The van der Waals surface area contributed by atoms with E-state index in [2.05, 4.69) is 36.5 Å². The molecule has 222 valence electrons. The molecule has 1 aliphatic heterocycles. The third-order valence-corrected chi connectivity index (χ3v) is 11.5. The van der Waals surface area contributed by atoms with Gasteiger partial charge >= 0.3 is 5.97 Å². The Morgan fingerprint density at radius 2 is 1.88 bits per heavy atom. The fourth-order valence-corrected chi connectivity index (χ4v) is 9.07. The van der Waals surface area contributed by atoms with E-state index in [0.717, 1.165) is 38.5 Å². The molecule has 4 aliphatic carbocycles. The third-order valence-electron chi connectivity index (χ3n) is 11.5. The van der Waals surface area contributed by atoms with Crippen LogP contribution in [0.3, 0.4) is 0 Å². The van der Waals surface area contributed by atoms with Gasteiger partial charge in [-0.2, -0.15) is 0 Å². The van der Waals surface area contributed by atoms with Gasteiger partial charge in [0.2, 0.25) is 0 Å². The highest BCUT2D eigenvalue weighted by Gasteiger charge is 2.62. The minimum absolute atomic E-state index is 0.00952. The number of aliphatic carboxylic acids is 1. The molecule has 1 amide bonds. The quantitative estimate of drug-likeness (QED) is 0.380. The summed E-state index contributed by atoms with van der Waals surface area (Å²) in [5.74, 6) is 0.483. The molecule has 0 aromatic heterocycles. The van der Waals surface area contributed by atoms with E-state index in [0.29, 0.717) is 42.9 Å². The van der Waals surface area contributed by atoms with E-state index in [1.807, 2.05) is 26.8 Å². The number of carbonyl (C=O) groups is 2. The summed E-state index contributed by atoms with van der Waals surface area (Å²) in [6.45, 7) is 11.0. The first-order valence-corrected chi connectivity index (χ1v) is 15.2. The lowest BCUT2D eigenvalue weighted by atomic mass is 9.47. The lowest BCUT2D eigenvalue weighted by Gasteiger charge is -2.58. The van der Waals surface area contributed by atoms with Crippen molar-refractivity contribution in [2.45, 2.75) is 110 Å². The summed E-state index contributed by atoms with van der Waals surface area (Å²) in [5.41, 5.74) is 1.17. The molecule has 8 heteroatoms. The highest BCUT2D eigenvalue weighted by Crippen LogP contribution is 2.66. The minimum Gasteiger partial charge on any atom is -0.481 e. The molecule has 40 heavy (non-hydrogen) atoms.